The molecule has 1 aromatic heterocycles. The van der Waals surface area contributed by atoms with Crippen molar-refractivity contribution in [1.82, 2.24) is 15.2 Å². The van der Waals surface area contributed by atoms with Gasteiger partial charge >= 0.3 is 0 Å². The summed E-state index contributed by atoms with van der Waals surface area (Å²) in [4.78, 5) is 4.32. The first-order chi connectivity index (χ1) is 9.19. The van der Waals surface area contributed by atoms with Crippen molar-refractivity contribution >= 4 is 29.9 Å². The topological polar surface area (TPSA) is 41.4 Å². The quantitative estimate of drug-likeness (QED) is 0.474. The Balaban J connectivity index is 0.00000200. The van der Waals surface area contributed by atoms with Crippen molar-refractivity contribution in [1.29, 1.82) is 0 Å². The molecule has 0 saturated heterocycles. The molecular weight excluding hydrogens is 363 g/mol. The second-order valence-electron chi connectivity index (χ2n) is 5.65. The van der Waals surface area contributed by atoms with Crippen LogP contribution in [0.3, 0.4) is 0 Å². The van der Waals surface area contributed by atoms with E-state index in [2.05, 4.69) is 52.5 Å². The minimum atomic E-state index is 0. The van der Waals surface area contributed by atoms with Gasteiger partial charge in [-0.1, -0.05) is 19.8 Å². The number of aromatic nitrogens is 1. The highest BCUT2D eigenvalue weighted by molar-refractivity contribution is 14.0. The Kier molecular flexibility index (Phi) is 7.40. The molecule has 2 N–H and O–H groups in total. The fraction of sp³-hybridized carbons (Fsp3) is 0.667. The summed E-state index contributed by atoms with van der Waals surface area (Å²) in [5, 5.41) is 6.94. The van der Waals surface area contributed by atoms with Gasteiger partial charge in [0.05, 0.1) is 6.54 Å². The van der Waals surface area contributed by atoms with Crippen LogP contribution in [0.5, 0.6) is 0 Å². The zero-order valence-electron chi connectivity index (χ0n) is 12.7. The molecule has 1 aromatic rings. The Bertz CT molecular complexity index is 427. The zero-order chi connectivity index (χ0) is 13.7. The molecule has 1 saturated carbocycles. The van der Waals surface area contributed by atoms with Gasteiger partial charge in [-0.25, -0.2) is 0 Å². The molecule has 1 aliphatic carbocycles. The molecule has 4 nitrogen and oxygen atoms in total. The number of rotatable bonds is 3. The van der Waals surface area contributed by atoms with Gasteiger partial charge in [0, 0.05) is 32.0 Å². The molecule has 20 heavy (non-hydrogen) atoms. The van der Waals surface area contributed by atoms with Crippen LogP contribution in [0.4, 0.5) is 0 Å². The number of aryl methyl sites for hydroxylation is 1. The molecule has 114 valence electrons. The largest absolute Gasteiger partial charge is 0.354 e. The second-order valence-corrected chi connectivity index (χ2v) is 5.65. The summed E-state index contributed by atoms with van der Waals surface area (Å²) in [5.41, 5.74) is 1.26. The van der Waals surface area contributed by atoms with Crippen molar-refractivity contribution in [3.63, 3.8) is 0 Å². The Morgan fingerprint density at radius 2 is 2.25 bits per heavy atom. The Labute approximate surface area is 139 Å². The van der Waals surface area contributed by atoms with E-state index in [0.29, 0.717) is 6.04 Å². The van der Waals surface area contributed by atoms with Crippen LogP contribution in [0.1, 0.15) is 38.3 Å². The first-order valence-corrected chi connectivity index (χ1v) is 7.26. The number of nitrogens with one attached hydrogen (secondary N) is 2. The summed E-state index contributed by atoms with van der Waals surface area (Å²) in [6, 6.07) is 4.77. The lowest BCUT2D eigenvalue weighted by molar-refractivity contribution is 0.324. The normalized spacial score (nSPS) is 23.1. The van der Waals surface area contributed by atoms with Crippen LogP contribution in [0.25, 0.3) is 0 Å². The second kappa shape index (κ2) is 8.54. The van der Waals surface area contributed by atoms with Gasteiger partial charge < -0.3 is 15.2 Å². The van der Waals surface area contributed by atoms with Gasteiger partial charge in [0.1, 0.15) is 0 Å². The maximum Gasteiger partial charge on any atom is 0.191 e. The van der Waals surface area contributed by atoms with E-state index in [0.717, 1.165) is 18.4 Å². The van der Waals surface area contributed by atoms with Crippen LogP contribution in [-0.2, 0) is 13.6 Å². The highest BCUT2D eigenvalue weighted by Gasteiger charge is 2.19. The molecule has 2 atom stereocenters. The van der Waals surface area contributed by atoms with E-state index in [4.69, 9.17) is 0 Å². The third kappa shape index (κ3) is 5.00. The highest BCUT2D eigenvalue weighted by Crippen LogP contribution is 2.23. The number of nitrogens with zero attached hydrogens (tertiary/aromatic N) is 2. The predicted octanol–water partition coefficient (Wildman–Crippen LogP) is 2.89. The lowest BCUT2D eigenvalue weighted by Crippen LogP contribution is -2.44. The monoisotopic (exact) mass is 390 g/mol. The summed E-state index contributed by atoms with van der Waals surface area (Å²) >= 11 is 0. The van der Waals surface area contributed by atoms with Gasteiger partial charge in [-0.15, -0.1) is 24.0 Å². The molecule has 2 unspecified atom stereocenters. The van der Waals surface area contributed by atoms with Crippen molar-refractivity contribution < 1.29 is 0 Å². The highest BCUT2D eigenvalue weighted by atomic mass is 127. The Morgan fingerprint density at radius 3 is 2.85 bits per heavy atom. The van der Waals surface area contributed by atoms with Crippen LogP contribution in [0, 0.1) is 5.92 Å². The van der Waals surface area contributed by atoms with Crippen molar-refractivity contribution in [2.75, 3.05) is 7.05 Å². The van der Waals surface area contributed by atoms with E-state index in [1.165, 1.54) is 31.4 Å². The summed E-state index contributed by atoms with van der Waals surface area (Å²) in [7, 11) is 3.91. The zero-order valence-corrected chi connectivity index (χ0v) is 15.1. The fourth-order valence-corrected chi connectivity index (χ4v) is 2.81. The molecule has 0 spiro atoms. The van der Waals surface area contributed by atoms with E-state index >= 15 is 0 Å². The van der Waals surface area contributed by atoms with Crippen molar-refractivity contribution in [2.45, 2.75) is 45.2 Å². The van der Waals surface area contributed by atoms with Gasteiger partial charge in [-0.2, -0.15) is 0 Å². The summed E-state index contributed by atoms with van der Waals surface area (Å²) in [6.07, 6.45) is 7.28. The maximum absolute atomic E-state index is 4.32. The van der Waals surface area contributed by atoms with Gasteiger partial charge in [0.2, 0.25) is 0 Å². The number of aliphatic imine (C=N–C) groups is 1. The summed E-state index contributed by atoms with van der Waals surface area (Å²) in [6.45, 7) is 3.15. The first kappa shape index (κ1) is 17.3. The molecule has 1 fully saturated rings. The molecule has 0 aliphatic heterocycles. The molecule has 0 radical (unpaired) electrons. The Morgan fingerprint density at radius 1 is 1.45 bits per heavy atom. The van der Waals surface area contributed by atoms with E-state index in [1.807, 2.05) is 7.05 Å². The first-order valence-electron chi connectivity index (χ1n) is 7.26. The SMILES string of the molecule is CN=C(NCc1cccn1C)NC1CCCC(C)C1.I. The van der Waals surface area contributed by atoms with Gasteiger partial charge in [0.25, 0.3) is 0 Å². The van der Waals surface area contributed by atoms with Crippen LogP contribution in [-0.4, -0.2) is 23.6 Å². The van der Waals surface area contributed by atoms with E-state index in [-0.39, 0.29) is 24.0 Å². The lowest BCUT2D eigenvalue weighted by atomic mass is 9.87. The molecule has 0 aromatic carbocycles. The Hall–Kier alpha value is -0.720. The molecule has 0 amide bonds. The molecular formula is C15H27IN4. The smallest absolute Gasteiger partial charge is 0.191 e. The van der Waals surface area contributed by atoms with Gasteiger partial charge in [0.15, 0.2) is 5.96 Å². The van der Waals surface area contributed by atoms with Crippen LogP contribution >= 0.6 is 24.0 Å². The van der Waals surface area contributed by atoms with Crippen LogP contribution in [0.15, 0.2) is 23.3 Å². The lowest BCUT2D eigenvalue weighted by Gasteiger charge is -2.28. The van der Waals surface area contributed by atoms with Crippen molar-refractivity contribution in [2.24, 2.45) is 18.0 Å². The average Bonchev–Trinajstić information content (AvgIpc) is 2.80. The third-order valence-corrected chi connectivity index (χ3v) is 3.99. The van der Waals surface area contributed by atoms with E-state index in [9.17, 15) is 0 Å². The summed E-state index contributed by atoms with van der Waals surface area (Å²) < 4.78 is 2.13. The van der Waals surface area contributed by atoms with E-state index < -0.39 is 0 Å². The molecule has 0 bridgehead atoms. The molecule has 5 heteroatoms. The molecule has 1 aliphatic rings. The number of halogens is 1. The number of hydrogen-bond acceptors (Lipinski definition) is 1. The third-order valence-electron chi connectivity index (χ3n) is 3.99. The van der Waals surface area contributed by atoms with Gasteiger partial charge in [-0.05, 0) is 30.9 Å². The average molecular weight is 390 g/mol. The summed E-state index contributed by atoms with van der Waals surface area (Å²) in [5.74, 6) is 1.75. The number of hydrogen-bond donors (Lipinski definition) is 2. The molecule has 2 rings (SSSR count). The van der Waals surface area contributed by atoms with Crippen molar-refractivity contribution in [3.05, 3.63) is 24.0 Å². The molecule has 1 heterocycles. The fourth-order valence-electron chi connectivity index (χ4n) is 2.81. The van der Waals surface area contributed by atoms with Gasteiger partial charge in [-0.3, -0.25) is 4.99 Å². The standard InChI is InChI=1S/C15H26N4.HI/c1-12-6-4-7-13(10-12)18-15(16-2)17-11-14-8-5-9-19(14)3;/h5,8-9,12-13H,4,6-7,10-11H2,1-3H3,(H2,16,17,18);1H. The maximum atomic E-state index is 4.32. The number of guanidine groups is 1. The van der Waals surface area contributed by atoms with Crippen molar-refractivity contribution in [3.8, 4) is 0 Å². The van der Waals surface area contributed by atoms with Crippen LogP contribution in [0.2, 0.25) is 0 Å². The van der Waals surface area contributed by atoms with E-state index in [1.54, 1.807) is 0 Å². The van der Waals surface area contributed by atoms with Crippen LogP contribution < -0.4 is 10.6 Å². The predicted molar refractivity (Wildman–Crippen MR) is 95.6 cm³/mol. The minimum Gasteiger partial charge on any atom is -0.354 e. The minimum absolute atomic E-state index is 0.